The summed E-state index contributed by atoms with van der Waals surface area (Å²) in [5.41, 5.74) is 2.45. The molecule has 15 heavy (non-hydrogen) atoms. The van der Waals surface area contributed by atoms with Gasteiger partial charge in [0.1, 0.15) is 0 Å². The maximum Gasteiger partial charge on any atom is 0.0991 e. The normalized spacial score (nSPS) is 10.5. The zero-order valence-electron chi connectivity index (χ0n) is 8.85. The van der Waals surface area contributed by atoms with Gasteiger partial charge in [0.25, 0.3) is 0 Å². The molecule has 0 radical (unpaired) electrons. The van der Waals surface area contributed by atoms with Gasteiger partial charge in [-0.2, -0.15) is 0 Å². The Morgan fingerprint density at radius 3 is 3.07 bits per heavy atom. The highest BCUT2D eigenvalue weighted by molar-refractivity contribution is 5.35. The summed E-state index contributed by atoms with van der Waals surface area (Å²) in [7, 11) is 0. The van der Waals surface area contributed by atoms with E-state index >= 15 is 0 Å². The van der Waals surface area contributed by atoms with Crippen LogP contribution in [0, 0.1) is 0 Å². The third-order valence-corrected chi connectivity index (χ3v) is 2.29. The predicted octanol–water partition coefficient (Wildman–Crippen LogP) is 1.98. The molecule has 3 heteroatoms. The molecule has 0 atom stereocenters. The van der Waals surface area contributed by atoms with Crippen molar-refractivity contribution in [3.63, 3.8) is 0 Å². The number of hydrogen-bond donors (Lipinski definition) is 1. The van der Waals surface area contributed by atoms with Crippen molar-refractivity contribution in [3.8, 4) is 5.69 Å². The Hall–Kier alpha value is -1.61. The highest BCUT2D eigenvalue weighted by Gasteiger charge is 1.96. The van der Waals surface area contributed by atoms with Crippen molar-refractivity contribution in [2.24, 2.45) is 0 Å². The highest BCUT2D eigenvalue weighted by Crippen LogP contribution is 2.09. The van der Waals surface area contributed by atoms with Gasteiger partial charge in [-0.3, -0.25) is 0 Å². The number of hydrogen-bond acceptors (Lipinski definition) is 2. The molecule has 2 aromatic rings. The predicted molar refractivity (Wildman–Crippen MR) is 60.9 cm³/mol. The van der Waals surface area contributed by atoms with Crippen LogP contribution in [0.5, 0.6) is 0 Å². The molecule has 0 saturated heterocycles. The first-order valence-corrected chi connectivity index (χ1v) is 5.18. The monoisotopic (exact) mass is 201 g/mol. The first-order valence-electron chi connectivity index (χ1n) is 5.18. The average molecular weight is 201 g/mol. The third-order valence-electron chi connectivity index (χ3n) is 2.29. The van der Waals surface area contributed by atoms with E-state index in [4.69, 9.17) is 0 Å². The molecule has 0 amide bonds. The van der Waals surface area contributed by atoms with E-state index in [9.17, 15) is 0 Å². The Labute approximate surface area is 89.8 Å². The van der Waals surface area contributed by atoms with E-state index in [1.165, 1.54) is 5.56 Å². The van der Waals surface area contributed by atoms with Crippen LogP contribution in [0.15, 0.2) is 43.0 Å². The van der Waals surface area contributed by atoms with Crippen LogP contribution >= 0.6 is 0 Å². The quantitative estimate of drug-likeness (QED) is 0.819. The molecular weight excluding hydrogens is 186 g/mol. The number of rotatable bonds is 4. The van der Waals surface area contributed by atoms with Crippen LogP contribution in [-0.2, 0) is 6.54 Å². The molecule has 1 N–H and O–H groups in total. The van der Waals surface area contributed by atoms with Crippen molar-refractivity contribution in [2.45, 2.75) is 13.5 Å². The number of imidazole rings is 1. The molecule has 0 fully saturated rings. The van der Waals surface area contributed by atoms with Crippen molar-refractivity contribution in [3.05, 3.63) is 48.5 Å². The molecule has 78 valence electrons. The van der Waals surface area contributed by atoms with E-state index in [0.717, 1.165) is 18.8 Å². The summed E-state index contributed by atoms with van der Waals surface area (Å²) in [6.07, 6.45) is 5.55. The van der Waals surface area contributed by atoms with Gasteiger partial charge < -0.3 is 9.88 Å². The van der Waals surface area contributed by atoms with Gasteiger partial charge in [0, 0.05) is 24.6 Å². The van der Waals surface area contributed by atoms with Crippen LogP contribution in [0.1, 0.15) is 12.5 Å². The summed E-state index contributed by atoms with van der Waals surface area (Å²) in [6.45, 7) is 4.02. The Morgan fingerprint density at radius 1 is 1.40 bits per heavy atom. The minimum Gasteiger partial charge on any atom is -0.313 e. The van der Waals surface area contributed by atoms with Gasteiger partial charge in [0.05, 0.1) is 6.33 Å². The zero-order chi connectivity index (χ0) is 10.5. The summed E-state index contributed by atoms with van der Waals surface area (Å²) in [4.78, 5) is 4.04. The summed E-state index contributed by atoms with van der Waals surface area (Å²) < 4.78 is 2.01. The molecule has 1 aromatic heterocycles. The number of benzene rings is 1. The maximum absolute atomic E-state index is 4.04. The summed E-state index contributed by atoms with van der Waals surface area (Å²) in [5.74, 6) is 0. The topological polar surface area (TPSA) is 29.9 Å². The van der Waals surface area contributed by atoms with E-state index in [0.29, 0.717) is 0 Å². The van der Waals surface area contributed by atoms with E-state index in [2.05, 4.69) is 41.5 Å². The summed E-state index contributed by atoms with van der Waals surface area (Å²) in [6, 6.07) is 8.45. The van der Waals surface area contributed by atoms with Crippen molar-refractivity contribution in [1.29, 1.82) is 0 Å². The molecule has 0 aliphatic carbocycles. The van der Waals surface area contributed by atoms with Crippen LogP contribution in [0.25, 0.3) is 5.69 Å². The molecule has 0 spiro atoms. The van der Waals surface area contributed by atoms with Crippen molar-refractivity contribution < 1.29 is 0 Å². The van der Waals surface area contributed by atoms with Crippen molar-refractivity contribution in [2.75, 3.05) is 6.54 Å². The second kappa shape index (κ2) is 4.75. The summed E-state index contributed by atoms with van der Waals surface area (Å²) in [5, 5.41) is 3.31. The number of nitrogens with one attached hydrogen (secondary N) is 1. The zero-order valence-corrected chi connectivity index (χ0v) is 8.85. The Kier molecular flexibility index (Phi) is 3.15. The lowest BCUT2D eigenvalue weighted by Crippen LogP contribution is -2.11. The Balaban J connectivity index is 2.19. The molecule has 0 saturated carbocycles. The molecule has 0 aliphatic rings. The van der Waals surface area contributed by atoms with Crippen LogP contribution < -0.4 is 5.32 Å². The van der Waals surface area contributed by atoms with Crippen LogP contribution in [0.2, 0.25) is 0 Å². The fraction of sp³-hybridized carbons (Fsp3) is 0.250. The van der Waals surface area contributed by atoms with Gasteiger partial charge in [-0.15, -0.1) is 0 Å². The number of aromatic nitrogens is 2. The van der Waals surface area contributed by atoms with Gasteiger partial charge in [-0.05, 0) is 24.2 Å². The van der Waals surface area contributed by atoms with Crippen LogP contribution in [0.3, 0.4) is 0 Å². The second-order valence-electron chi connectivity index (χ2n) is 3.42. The molecule has 3 nitrogen and oxygen atoms in total. The minimum atomic E-state index is 0.916. The van der Waals surface area contributed by atoms with Gasteiger partial charge >= 0.3 is 0 Å². The van der Waals surface area contributed by atoms with Crippen LogP contribution in [0.4, 0.5) is 0 Å². The molecule has 0 aliphatic heterocycles. The first kappa shape index (κ1) is 9.93. The molecule has 1 heterocycles. The van der Waals surface area contributed by atoms with E-state index in [1.807, 2.05) is 17.1 Å². The fourth-order valence-corrected chi connectivity index (χ4v) is 1.51. The highest BCUT2D eigenvalue weighted by atomic mass is 15.0. The standard InChI is InChI=1S/C12H15N3/c1-2-13-9-11-4-3-5-12(8-11)15-7-6-14-10-15/h3-8,10,13H,2,9H2,1H3. The smallest absolute Gasteiger partial charge is 0.0991 e. The first-order chi connectivity index (χ1) is 7.40. The lowest BCUT2D eigenvalue weighted by molar-refractivity contribution is 0.726. The van der Waals surface area contributed by atoms with E-state index in [1.54, 1.807) is 6.20 Å². The lowest BCUT2D eigenvalue weighted by Gasteiger charge is -2.06. The summed E-state index contributed by atoms with van der Waals surface area (Å²) >= 11 is 0. The largest absolute Gasteiger partial charge is 0.313 e. The molecule has 1 aromatic carbocycles. The fourth-order valence-electron chi connectivity index (χ4n) is 1.51. The van der Waals surface area contributed by atoms with Gasteiger partial charge in [0.2, 0.25) is 0 Å². The Morgan fingerprint density at radius 2 is 2.33 bits per heavy atom. The molecule has 0 unspecified atom stereocenters. The van der Waals surface area contributed by atoms with Crippen molar-refractivity contribution >= 4 is 0 Å². The SMILES string of the molecule is CCNCc1cccc(-n2ccnc2)c1. The third kappa shape index (κ3) is 2.44. The van der Waals surface area contributed by atoms with Gasteiger partial charge in [-0.25, -0.2) is 4.98 Å². The molecule has 0 bridgehead atoms. The van der Waals surface area contributed by atoms with Crippen LogP contribution in [-0.4, -0.2) is 16.1 Å². The average Bonchev–Trinajstić information content (AvgIpc) is 2.80. The van der Waals surface area contributed by atoms with Gasteiger partial charge in [-0.1, -0.05) is 19.1 Å². The molecule has 2 rings (SSSR count). The van der Waals surface area contributed by atoms with Crippen molar-refractivity contribution in [1.82, 2.24) is 14.9 Å². The Bertz CT molecular complexity index is 407. The lowest BCUT2D eigenvalue weighted by atomic mass is 10.2. The molecular formula is C12H15N3. The van der Waals surface area contributed by atoms with Gasteiger partial charge in [0.15, 0.2) is 0 Å². The van der Waals surface area contributed by atoms with E-state index in [-0.39, 0.29) is 0 Å². The number of nitrogens with zero attached hydrogens (tertiary/aromatic N) is 2. The van der Waals surface area contributed by atoms with E-state index < -0.39 is 0 Å². The second-order valence-corrected chi connectivity index (χ2v) is 3.42. The minimum absolute atomic E-state index is 0.916. The maximum atomic E-state index is 4.04.